The molecule has 1 saturated heterocycles. The van der Waals surface area contributed by atoms with Gasteiger partial charge in [0.25, 0.3) is 10.2 Å². The molecule has 6 nitrogen and oxygen atoms in total. The van der Waals surface area contributed by atoms with E-state index in [2.05, 4.69) is 14.3 Å². The van der Waals surface area contributed by atoms with Crippen molar-refractivity contribution in [1.29, 1.82) is 0 Å². The molecule has 0 bridgehead atoms. The molecule has 7 heteroatoms. The predicted molar refractivity (Wildman–Crippen MR) is 103 cm³/mol. The van der Waals surface area contributed by atoms with Crippen molar-refractivity contribution in [3.63, 3.8) is 0 Å². The maximum absolute atomic E-state index is 12.5. The third-order valence-corrected chi connectivity index (χ3v) is 6.67. The van der Waals surface area contributed by atoms with Crippen LogP contribution >= 0.6 is 0 Å². The van der Waals surface area contributed by atoms with Gasteiger partial charge in [-0.2, -0.15) is 13.1 Å². The van der Waals surface area contributed by atoms with E-state index < -0.39 is 10.2 Å². The van der Waals surface area contributed by atoms with E-state index in [0.717, 1.165) is 57.6 Å². The first-order chi connectivity index (χ1) is 12.6. The minimum Gasteiger partial charge on any atom is -0.379 e. The lowest BCUT2D eigenvalue weighted by Crippen LogP contribution is -2.59. The molecular weight excluding hydrogens is 350 g/mol. The van der Waals surface area contributed by atoms with Crippen molar-refractivity contribution in [2.45, 2.75) is 50.6 Å². The van der Waals surface area contributed by atoms with Gasteiger partial charge in [-0.1, -0.05) is 56.0 Å². The Morgan fingerprint density at radius 2 is 1.62 bits per heavy atom. The summed E-state index contributed by atoms with van der Waals surface area (Å²) in [6.07, 6.45) is 6.91. The number of hydrogen-bond acceptors (Lipinski definition) is 4. The molecule has 1 saturated carbocycles. The molecule has 0 unspecified atom stereocenters. The zero-order chi connectivity index (χ0) is 18.3. The highest BCUT2D eigenvalue weighted by Gasteiger charge is 2.38. The number of hydrogen-bond donors (Lipinski definition) is 2. The summed E-state index contributed by atoms with van der Waals surface area (Å²) in [4.78, 5) is 2.46. The number of benzene rings is 1. The number of morpholine rings is 1. The highest BCUT2D eigenvalue weighted by atomic mass is 32.2. The van der Waals surface area contributed by atoms with Gasteiger partial charge in [-0.05, 0) is 18.4 Å². The Kier molecular flexibility index (Phi) is 7.05. The van der Waals surface area contributed by atoms with E-state index in [-0.39, 0.29) is 5.54 Å². The molecule has 2 N–H and O–H groups in total. The molecule has 0 amide bonds. The number of rotatable bonds is 7. The molecular formula is C19H31N3O3S. The van der Waals surface area contributed by atoms with Crippen LogP contribution in [0.5, 0.6) is 0 Å². The summed E-state index contributed by atoms with van der Waals surface area (Å²) >= 11 is 0. The van der Waals surface area contributed by atoms with Gasteiger partial charge in [0.05, 0.1) is 13.2 Å². The maximum Gasteiger partial charge on any atom is 0.277 e. The Morgan fingerprint density at radius 3 is 2.27 bits per heavy atom. The van der Waals surface area contributed by atoms with Gasteiger partial charge < -0.3 is 4.74 Å². The van der Waals surface area contributed by atoms with Gasteiger partial charge in [0.1, 0.15) is 0 Å². The minimum atomic E-state index is -3.53. The molecule has 1 aromatic rings. The van der Waals surface area contributed by atoms with Crippen LogP contribution < -0.4 is 9.44 Å². The fourth-order valence-electron chi connectivity index (χ4n) is 4.08. The molecule has 26 heavy (non-hydrogen) atoms. The van der Waals surface area contributed by atoms with Crippen LogP contribution in [-0.4, -0.2) is 51.7 Å². The lowest BCUT2D eigenvalue weighted by molar-refractivity contribution is -0.0269. The topological polar surface area (TPSA) is 70.7 Å². The number of nitrogens with zero attached hydrogens (tertiary/aromatic N) is 1. The van der Waals surface area contributed by atoms with Gasteiger partial charge in [-0.15, -0.1) is 0 Å². The van der Waals surface area contributed by atoms with Crippen LogP contribution in [0.2, 0.25) is 0 Å². The molecule has 1 aliphatic heterocycles. The SMILES string of the molecule is O=S(=O)(NCc1ccccc1)NCC1(N2CCOCC2)CCCCCC1. The fourth-order valence-corrected chi connectivity index (χ4v) is 5.00. The minimum absolute atomic E-state index is 0.0816. The summed E-state index contributed by atoms with van der Waals surface area (Å²) in [5.74, 6) is 0. The molecule has 1 aliphatic carbocycles. The van der Waals surface area contributed by atoms with Gasteiger partial charge >= 0.3 is 0 Å². The third kappa shape index (κ3) is 5.50. The summed E-state index contributed by atoms with van der Waals surface area (Å²) in [5, 5.41) is 0. The van der Waals surface area contributed by atoms with E-state index in [1.807, 2.05) is 30.3 Å². The van der Waals surface area contributed by atoms with Crippen molar-refractivity contribution in [1.82, 2.24) is 14.3 Å². The predicted octanol–water partition coefficient (Wildman–Crippen LogP) is 2.04. The van der Waals surface area contributed by atoms with E-state index in [9.17, 15) is 8.42 Å². The largest absolute Gasteiger partial charge is 0.379 e. The highest BCUT2D eigenvalue weighted by Crippen LogP contribution is 2.33. The van der Waals surface area contributed by atoms with Crippen molar-refractivity contribution in [2.75, 3.05) is 32.8 Å². The standard InChI is InChI=1S/C19H31N3O3S/c23-26(24,20-16-18-8-4-3-5-9-18)21-17-19(10-6-1-2-7-11-19)22-12-14-25-15-13-22/h3-5,8-9,20-21H,1-2,6-7,10-17H2. The maximum atomic E-state index is 12.5. The van der Waals surface area contributed by atoms with Gasteiger partial charge in [-0.25, -0.2) is 4.72 Å². The van der Waals surface area contributed by atoms with Crippen LogP contribution in [-0.2, 0) is 21.5 Å². The Bertz CT molecular complexity index is 637. The van der Waals surface area contributed by atoms with Gasteiger partial charge in [0.15, 0.2) is 0 Å². The second kappa shape index (κ2) is 9.28. The van der Waals surface area contributed by atoms with Gasteiger partial charge in [0.2, 0.25) is 0 Å². The normalized spacial score (nSPS) is 22.0. The van der Waals surface area contributed by atoms with Crippen LogP contribution in [0.25, 0.3) is 0 Å². The quantitative estimate of drug-likeness (QED) is 0.709. The first-order valence-electron chi connectivity index (χ1n) is 9.71. The average Bonchev–Trinajstić information content (AvgIpc) is 2.93. The summed E-state index contributed by atoms with van der Waals surface area (Å²) in [6, 6.07) is 9.59. The van der Waals surface area contributed by atoms with Crippen molar-refractivity contribution in [3.8, 4) is 0 Å². The number of ether oxygens (including phenoxy) is 1. The van der Waals surface area contributed by atoms with E-state index in [0.29, 0.717) is 13.1 Å². The Labute approximate surface area is 157 Å². The Balaban J connectivity index is 1.62. The Hall–Kier alpha value is -0.990. The molecule has 1 aromatic carbocycles. The van der Waals surface area contributed by atoms with E-state index in [1.165, 1.54) is 12.8 Å². The van der Waals surface area contributed by atoms with Gasteiger partial charge in [-0.3, -0.25) is 4.90 Å². The van der Waals surface area contributed by atoms with Gasteiger partial charge in [0, 0.05) is 31.7 Å². The zero-order valence-electron chi connectivity index (χ0n) is 15.5. The molecule has 1 heterocycles. The lowest BCUT2D eigenvalue weighted by Gasteiger charge is -2.45. The van der Waals surface area contributed by atoms with Crippen molar-refractivity contribution in [2.24, 2.45) is 0 Å². The van der Waals surface area contributed by atoms with E-state index in [4.69, 9.17) is 4.74 Å². The van der Waals surface area contributed by atoms with E-state index in [1.54, 1.807) is 0 Å². The summed E-state index contributed by atoms with van der Waals surface area (Å²) in [7, 11) is -3.53. The summed E-state index contributed by atoms with van der Waals surface area (Å²) < 4.78 is 36.0. The van der Waals surface area contributed by atoms with Crippen molar-refractivity contribution >= 4 is 10.2 Å². The fraction of sp³-hybridized carbons (Fsp3) is 0.684. The average molecular weight is 382 g/mol. The Morgan fingerprint density at radius 1 is 0.962 bits per heavy atom. The highest BCUT2D eigenvalue weighted by molar-refractivity contribution is 7.87. The first-order valence-corrected chi connectivity index (χ1v) is 11.2. The summed E-state index contributed by atoms with van der Waals surface area (Å²) in [5.41, 5.74) is 0.872. The number of nitrogens with one attached hydrogen (secondary N) is 2. The van der Waals surface area contributed by atoms with Crippen LogP contribution in [0, 0.1) is 0 Å². The van der Waals surface area contributed by atoms with Crippen molar-refractivity contribution < 1.29 is 13.2 Å². The monoisotopic (exact) mass is 381 g/mol. The molecule has 3 rings (SSSR count). The zero-order valence-corrected chi connectivity index (χ0v) is 16.3. The molecule has 2 fully saturated rings. The molecule has 0 aromatic heterocycles. The summed E-state index contributed by atoms with van der Waals surface area (Å²) in [6.45, 7) is 4.03. The molecule has 0 spiro atoms. The molecule has 0 radical (unpaired) electrons. The third-order valence-electron chi connectivity index (χ3n) is 5.62. The van der Waals surface area contributed by atoms with Crippen LogP contribution in [0.4, 0.5) is 0 Å². The second-order valence-electron chi connectivity index (χ2n) is 7.37. The molecule has 0 atom stereocenters. The molecule has 146 valence electrons. The van der Waals surface area contributed by atoms with E-state index >= 15 is 0 Å². The second-order valence-corrected chi connectivity index (χ2v) is 8.95. The first kappa shape index (κ1) is 19.8. The van der Waals surface area contributed by atoms with Crippen LogP contribution in [0.1, 0.15) is 44.1 Å². The van der Waals surface area contributed by atoms with Crippen LogP contribution in [0.15, 0.2) is 30.3 Å². The smallest absolute Gasteiger partial charge is 0.277 e. The van der Waals surface area contributed by atoms with Crippen LogP contribution in [0.3, 0.4) is 0 Å². The molecule has 2 aliphatic rings. The lowest BCUT2D eigenvalue weighted by atomic mass is 9.88. The van der Waals surface area contributed by atoms with Crippen molar-refractivity contribution in [3.05, 3.63) is 35.9 Å².